The molecule has 0 aliphatic heterocycles. The lowest BCUT2D eigenvalue weighted by Crippen LogP contribution is -2.01. The SMILES string of the molecule is Oc1ccc(Cl)cc1CNc1ccccc1SC(F)F. The maximum absolute atomic E-state index is 12.5. The molecule has 0 saturated heterocycles. The third-order valence-corrected chi connectivity index (χ3v) is 3.64. The molecule has 106 valence electrons. The minimum absolute atomic E-state index is 0.112. The summed E-state index contributed by atoms with van der Waals surface area (Å²) >= 11 is 6.34. The highest BCUT2D eigenvalue weighted by molar-refractivity contribution is 7.99. The van der Waals surface area contributed by atoms with Crippen LogP contribution in [0.3, 0.4) is 0 Å². The third-order valence-electron chi connectivity index (χ3n) is 2.61. The second-order valence-electron chi connectivity index (χ2n) is 4.00. The molecule has 0 unspecified atom stereocenters. The quantitative estimate of drug-likeness (QED) is 0.764. The highest BCUT2D eigenvalue weighted by atomic mass is 35.5. The summed E-state index contributed by atoms with van der Waals surface area (Å²) in [7, 11) is 0. The Morgan fingerprint density at radius 1 is 1.20 bits per heavy atom. The highest BCUT2D eigenvalue weighted by Crippen LogP contribution is 2.32. The predicted octanol–water partition coefficient (Wildman–Crippen LogP) is 4.97. The fourth-order valence-electron chi connectivity index (χ4n) is 1.70. The molecule has 0 radical (unpaired) electrons. The van der Waals surface area contributed by atoms with Crippen molar-refractivity contribution >= 4 is 29.1 Å². The lowest BCUT2D eigenvalue weighted by Gasteiger charge is -2.12. The lowest BCUT2D eigenvalue weighted by molar-refractivity contribution is 0.252. The van der Waals surface area contributed by atoms with E-state index in [-0.39, 0.29) is 5.75 Å². The molecule has 6 heteroatoms. The van der Waals surface area contributed by atoms with E-state index in [0.717, 1.165) is 0 Å². The predicted molar refractivity (Wildman–Crippen MR) is 78.7 cm³/mol. The summed E-state index contributed by atoms with van der Waals surface area (Å²) in [5.41, 5.74) is 1.20. The number of phenolic OH excluding ortho intramolecular Hbond substituents is 1. The van der Waals surface area contributed by atoms with Gasteiger partial charge in [0.25, 0.3) is 5.76 Å². The first-order valence-corrected chi connectivity index (χ1v) is 7.07. The molecule has 0 aliphatic carbocycles. The minimum Gasteiger partial charge on any atom is -0.508 e. The number of halogens is 3. The Morgan fingerprint density at radius 2 is 1.95 bits per heavy atom. The van der Waals surface area contributed by atoms with Crippen LogP contribution in [0.4, 0.5) is 14.5 Å². The van der Waals surface area contributed by atoms with Gasteiger partial charge in [0.2, 0.25) is 0 Å². The van der Waals surface area contributed by atoms with Gasteiger partial charge in [0.05, 0.1) is 0 Å². The average Bonchev–Trinajstić information content (AvgIpc) is 2.41. The van der Waals surface area contributed by atoms with E-state index in [0.29, 0.717) is 39.5 Å². The van der Waals surface area contributed by atoms with E-state index >= 15 is 0 Å². The highest BCUT2D eigenvalue weighted by Gasteiger charge is 2.10. The summed E-state index contributed by atoms with van der Waals surface area (Å²) in [5.74, 6) is -2.36. The van der Waals surface area contributed by atoms with Crippen molar-refractivity contribution in [2.24, 2.45) is 0 Å². The summed E-state index contributed by atoms with van der Waals surface area (Å²) in [6, 6.07) is 11.5. The second-order valence-corrected chi connectivity index (χ2v) is 5.47. The van der Waals surface area contributed by atoms with E-state index in [9.17, 15) is 13.9 Å². The number of hydrogen-bond acceptors (Lipinski definition) is 3. The summed E-state index contributed by atoms with van der Waals surface area (Å²) in [6.45, 7) is 0.299. The maximum Gasteiger partial charge on any atom is 0.288 e. The Kier molecular flexibility index (Phi) is 5.09. The minimum atomic E-state index is -2.47. The molecule has 0 atom stereocenters. The first kappa shape index (κ1) is 14.9. The Labute approximate surface area is 124 Å². The van der Waals surface area contributed by atoms with Gasteiger partial charge in [-0.1, -0.05) is 35.5 Å². The Bertz CT molecular complexity index is 595. The van der Waals surface area contributed by atoms with E-state index in [4.69, 9.17) is 11.6 Å². The number of phenols is 1. The number of anilines is 1. The van der Waals surface area contributed by atoms with Crippen molar-refractivity contribution < 1.29 is 13.9 Å². The number of nitrogens with one attached hydrogen (secondary N) is 1. The fraction of sp³-hybridized carbons (Fsp3) is 0.143. The van der Waals surface area contributed by atoms with Crippen molar-refractivity contribution in [3.63, 3.8) is 0 Å². The molecule has 20 heavy (non-hydrogen) atoms. The van der Waals surface area contributed by atoms with Crippen LogP contribution in [0.5, 0.6) is 5.75 Å². The van der Waals surface area contributed by atoms with Gasteiger partial charge in [0.1, 0.15) is 5.75 Å². The smallest absolute Gasteiger partial charge is 0.288 e. The number of rotatable bonds is 5. The van der Waals surface area contributed by atoms with Gasteiger partial charge in [-0.3, -0.25) is 0 Å². The van der Waals surface area contributed by atoms with E-state index in [1.165, 1.54) is 6.07 Å². The summed E-state index contributed by atoms with van der Waals surface area (Å²) in [4.78, 5) is 0.462. The van der Waals surface area contributed by atoms with Gasteiger partial charge in [-0.05, 0) is 30.3 Å². The van der Waals surface area contributed by atoms with E-state index in [1.807, 2.05) is 0 Å². The molecule has 0 spiro atoms. The molecule has 0 fully saturated rings. The zero-order chi connectivity index (χ0) is 14.5. The molecule has 2 aromatic rings. The normalized spacial score (nSPS) is 10.8. The van der Waals surface area contributed by atoms with Crippen LogP contribution in [0.15, 0.2) is 47.4 Å². The molecule has 2 nitrogen and oxygen atoms in total. The second kappa shape index (κ2) is 6.81. The number of hydrogen-bond donors (Lipinski definition) is 2. The number of benzene rings is 2. The molecular formula is C14H12ClF2NOS. The van der Waals surface area contributed by atoms with Gasteiger partial charge < -0.3 is 10.4 Å². The van der Waals surface area contributed by atoms with Gasteiger partial charge in [-0.25, -0.2) is 0 Å². The molecule has 0 aliphatic rings. The lowest BCUT2D eigenvalue weighted by atomic mass is 10.2. The summed E-state index contributed by atoms with van der Waals surface area (Å²) in [5, 5.41) is 13.2. The molecule has 2 N–H and O–H groups in total. The maximum atomic E-state index is 12.5. The molecule has 0 heterocycles. The van der Waals surface area contributed by atoms with Crippen LogP contribution in [0.25, 0.3) is 0 Å². The Balaban J connectivity index is 2.12. The van der Waals surface area contributed by atoms with Gasteiger partial charge in [0, 0.05) is 27.7 Å². The molecule has 2 rings (SSSR count). The van der Waals surface area contributed by atoms with Crippen molar-refractivity contribution in [3.8, 4) is 5.75 Å². The van der Waals surface area contributed by atoms with Crippen LogP contribution in [-0.2, 0) is 6.54 Å². The van der Waals surface area contributed by atoms with Gasteiger partial charge in [-0.2, -0.15) is 8.78 Å². The number of alkyl halides is 2. The zero-order valence-electron chi connectivity index (χ0n) is 10.3. The molecule has 0 saturated carbocycles. The van der Waals surface area contributed by atoms with Gasteiger partial charge >= 0.3 is 0 Å². The average molecular weight is 316 g/mol. The van der Waals surface area contributed by atoms with Gasteiger partial charge in [-0.15, -0.1) is 0 Å². The number of aromatic hydroxyl groups is 1. The Morgan fingerprint density at radius 3 is 2.70 bits per heavy atom. The fourth-order valence-corrected chi connectivity index (χ4v) is 2.51. The Hall–Kier alpha value is -1.46. The van der Waals surface area contributed by atoms with E-state index in [1.54, 1.807) is 36.4 Å². The van der Waals surface area contributed by atoms with Crippen LogP contribution in [0.2, 0.25) is 5.02 Å². The largest absolute Gasteiger partial charge is 0.508 e. The zero-order valence-corrected chi connectivity index (χ0v) is 11.9. The van der Waals surface area contributed by atoms with Crippen LogP contribution < -0.4 is 5.32 Å². The molecule has 0 bridgehead atoms. The third kappa shape index (κ3) is 4.02. The van der Waals surface area contributed by atoms with Crippen LogP contribution >= 0.6 is 23.4 Å². The molecule has 0 amide bonds. The first-order valence-electron chi connectivity index (χ1n) is 5.81. The van der Waals surface area contributed by atoms with Crippen molar-refractivity contribution in [1.82, 2.24) is 0 Å². The topological polar surface area (TPSA) is 32.3 Å². The van der Waals surface area contributed by atoms with Crippen molar-refractivity contribution in [1.29, 1.82) is 0 Å². The first-order chi connectivity index (χ1) is 9.56. The van der Waals surface area contributed by atoms with Crippen molar-refractivity contribution in [3.05, 3.63) is 53.1 Å². The van der Waals surface area contributed by atoms with Crippen LogP contribution in [0, 0.1) is 0 Å². The monoisotopic (exact) mass is 315 g/mol. The van der Waals surface area contributed by atoms with Gasteiger partial charge in [0.15, 0.2) is 0 Å². The van der Waals surface area contributed by atoms with Crippen LogP contribution in [-0.4, -0.2) is 10.9 Å². The van der Waals surface area contributed by atoms with Crippen molar-refractivity contribution in [2.45, 2.75) is 17.2 Å². The van der Waals surface area contributed by atoms with E-state index in [2.05, 4.69) is 5.32 Å². The van der Waals surface area contributed by atoms with E-state index < -0.39 is 5.76 Å². The number of thioether (sulfide) groups is 1. The standard InChI is InChI=1S/C14H12ClF2NOS/c15-10-5-6-12(19)9(7-10)8-18-11-3-1-2-4-13(11)20-14(16)17/h1-7,14,18-19H,8H2. The van der Waals surface area contributed by atoms with Crippen LogP contribution in [0.1, 0.15) is 5.56 Å². The number of para-hydroxylation sites is 1. The molecular weight excluding hydrogens is 304 g/mol. The van der Waals surface area contributed by atoms with Crippen molar-refractivity contribution in [2.75, 3.05) is 5.32 Å². The molecule has 0 aromatic heterocycles. The summed E-state index contributed by atoms with van der Waals surface area (Å²) in [6.07, 6.45) is 0. The summed E-state index contributed by atoms with van der Waals surface area (Å²) < 4.78 is 24.9. The molecule has 2 aromatic carbocycles.